The third-order valence-corrected chi connectivity index (χ3v) is 10.4. The summed E-state index contributed by atoms with van der Waals surface area (Å²) < 4.78 is 4.91. The number of carbonyl (C=O) groups is 4. The third kappa shape index (κ3) is 2.75. The SMILES string of the molecule is CC(=O)OCC(=O)[C@@]1(O)C(C)C[C@H]2[C@@H]3CC(=O)C4=CC(=O)C=C[C@]4(C)[C@@]3(Cl)C(Cl)C[C@@]21C. The van der Waals surface area contributed by atoms with Crippen LogP contribution in [-0.4, -0.2) is 50.9 Å². The minimum Gasteiger partial charge on any atom is -0.458 e. The van der Waals surface area contributed by atoms with Crippen molar-refractivity contribution in [3.63, 3.8) is 0 Å². The Morgan fingerprint density at radius 3 is 2.53 bits per heavy atom. The van der Waals surface area contributed by atoms with Crippen LogP contribution in [0.5, 0.6) is 0 Å². The van der Waals surface area contributed by atoms with Crippen LogP contribution in [0, 0.1) is 28.6 Å². The minimum absolute atomic E-state index is 0.0937. The molecule has 0 aliphatic heterocycles. The molecular formula is C24H28Cl2O6. The molecule has 0 saturated heterocycles. The standard InChI is InChI=1S/C24H28Cl2O6/c1-12-7-15-16-9-18(29)17-8-14(28)5-6-21(17,3)23(16,26)19(25)10-22(15,4)24(12,31)20(30)11-32-13(2)27/h5-6,8,12,15-16,19,31H,7,9-11H2,1-4H3/t12?,15-,16-,19?,21-,22-,23-,24-/m0/s1. The van der Waals surface area contributed by atoms with Crippen LogP contribution in [0.15, 0.2) is 23.8 Å². The average Bonchev–Trinajstić information content (AvgIpc) is 2.91. The number of aliphatic hydroxyl groups is 1. The second-order valence-electron chi connectivity index (χ2n) is 10.3. The van der Waals surface area contributed by atoms with Crippen LogP contribution in [0.1, 0.15) is 47.0 Å². The van der Waals surface area contributed by atoms with Crippen LogP contribution in [0.4, 0.5) is 0 Å². The summed E-state index contributed by atoms with van der Waals surface area (Å²) in [6.45, 7) is 6.16. The highest BCUT2D eigenvalue weighted by Gasteiger charge is 2.75. The normalized spacial score (nSPS) is 47.3. The molecule has 174 valence electrons. The lowest BCUT2D eigenvalue weighted by atomic mass is 9.46. The Balaban J connectivity index is 1.80. The molecule has 0 bridgehead atoms. The van der Waals surface area contributed by atoms with E-state index in [9.17, 15) is 24.3 Å². The topological polar surface area (TPSA) is 97.7 Å². The van der Waals surface area contributed by atoms with Crippen molar-refractivity contribution in [1.82, 2.24) is 0 Å². The van der Waals surface area contributed by atoms with Gasteiger partial charge in [0.1, 0.15) is 5.60 Å². The van der Waals surface area contributed by atoms with Crippen molar-refractivity contribution in [2.24, 2.45) is 28.6 Å². The Bertz CT molecular complexity index is 987. The number of allylic oxidation sites excluding steroid dienone is 4. The molecular weight excluding hydrogens is 455 g/mol. The van der Waals surface area contributed by atoms with Crippen LogP contribution >= 0.6 is 23.2 Å². The summed E-state index contributed by atoms with van der Waals surface area (Å²) >= 11 is 14.4. The van der Waals surface area contributed by atoms with Crippen molar-refractivity contribution in [3.8, 4) is 0 Å². The molecule has 4 aliphatic carbocycles. The van der Waals surface area contributed by atoms with Gasteiger partial charge in [-0.2, -0.15) is 0 Å². The summed E-state index contributed by atoms with van der Waals surface area (Å²) in [5.74, 6) is -2.68. The molecule has 6 nitrogen and oxygen atoms in total. The van der Waals surface area contributed by atoms with Crippen LogP contribution in [0.3, 0.4) is 0 Å². The van der Waals surface area contributed by atoms with Crippen LogP contribution in [0.25, 0.3) is 0 Å². The fourth-order valence-electron chi connectivity index (χ4n) is 7.18. The molecule has 1 N–H and O–H groups in total. The van der Waals surface area contributed by atoms with Gasteiger partial charge in [0.25, 0.3) is 0 Å². The van der Waals surface area contributed by atoms with E-state index in [0.717, 1.165) is 0 Å². The van der Waals surface area contributed by atoms with Crippen molar-refractivity contribution < 1.29 is 29.0 Å². The third-order valence-electron chi connectivity index (χ3n) is 8.85. The van der Waals surface area contributed by atoms with Crippen molar-refractivity contribution in [1.29, 1.82) is 0 Å². The quantitative estimate of drug-likeness (QED) is 0.489. The van der Waals surface area contributed by atoms with Gasteiger partial charge in [-0.15, -0.1) is 23.2 Å². The van der Waals surface area contributed by atoms with E-state index < -0.39 is 56.9 Å². The number of hydrogen-bond donors (Lipinski definition) is 1. The van der Waals surface area contributed by atoms with Gasteiger partial charge in [0.2, 0.25) is 5.78 Å². The molecule has 32 heavy (non-hydrogen) atoms. The first-order valence-electron chi connectivity index (χ1n) is 10.9. The Morgan fingerprint density at radius 2 is 1.91 bits per heavy atom. The minimum atomic E-state index is -1.77. The van der Waals surface area contributed by atoms with E-state index in [1.54, 1.807) is 13.0 Å². The highest BCUT2D eigenvalue weighted by Crippen LogP contribution is 2.71. The first-order chi connectivity index (χ1) is 14.7. The number of rotatable bonds is 3. The second-order valence-corrected chi connectivity index (χ2v) is 11.5. The molecule has 3 fully saturated rings. The Morgan fingerprint density at radius 1 is 1.25 bits per heavy atom. The Kier molecular flexibility index (Phi) is 5.36. The molecule has 0 spiro atoms. The lowest BCUT2D eigenvalue weighted by Crippen LogP contribution is -2.69. The van der Waals surface area contributed by atoms with Crippen molar-refractivity contribution in [3.05, 3.63) is 23.8 Å². The summed E-state index contributed by atoms with van der Waals surface area (Å²) in [6, 6.07) is 0. The van der Waals surface area contributed by atoms with E-state index >= 15 is 0 Å². The molecule has 0 aromatic rings. The highest BCUT2D eigenvalue weighted by molar-refractivity contribution is 6.35. The first-order valence-corrected chi connectivity index (χ1v) is 11.8. The zero-order valence-corrected chi connectivity index (χ0v) is 20.1. The predicted octanol–water partition coefficient (Wildman–Crippen LogP) is 3.16. The molecule has 2 unspecified atom stereocenters. The number of Topliss-reactive ketones (excluding diaryl/α,β-unsaturated/α-hetero) is 2. The average molecular weight is 483 g/mol. The molecule has 4 rings (SSSR count). The van der Waals surface area contributed by atoms with Gasteiger partial charge in [-0.3, -0.25) is 19.2 Å². The molecule has 0 radical (unpaired) electrons. The molecule has 0 heterocycles. The monoisotopic (exact) mass is 482 g/mol. The molecule has 3 saturated carbocycles. The van der Waals surface area contributed by atoms with Gasteiger partial charge in [-0.25, -0.2) is 0 Å². The largest absolute Gasteiger partial charge is 0.458 e. The van der Waals surface area contributed by atoms with E-state index in [1.165, 1.54) is 19.1 Å². The van der Waals surface area contributed by atoms with Crippen LogP contribution in [-0.2, 0) is 23.9 Å². The number of fused-ring (bicyclic) bond motifs is 5. The molecule has 0 aromatic carbocycles. The van der Waals surface area contributed by atoms with Gasteiger partial charge in [-0.05, 0) is 42.7 Å². The van der Waals surface area contributed by atoms with E-state index in [2.05, 4.69) is 0 Å². The number of alkyl halides is 2. The highest BCUT2D eigenvalue weighted by atomic mass is 35.5. The van der Waals surface area contributed by atoms with Crippen molar-refractivity contribution in [2.75, 3.05) is 6.61 Å². The van der Waals surface area contributed by atoms with Crippen molar-refractivity contribution in [2.45, 2.75) is 62.8 Å². The number of ether oxygens (including phenoxy) is 1. The maximum Gasteiger partial charge on any atom is 0.303 e. The Hall–Kier alpha value is -1.50. The van der Waals surface area contributed by atoms with Crippen molar-refractivity contribution >= 4 is 46.5 Å². The maximum absolute atomic E-state index is 13.2. The van der Waals surface area contributed by atoms with Gasteiger partial charge < -0.3 is 9.84 Å². The lowest BCUT2D eigenvalue weighted by molar-refractivity contribution is -0.172. The number of halogens is 2. The van der Waals surface area contributed by atoms with Gasteiger partial charge in [-0.1, -0.05) is 26.8 Å². The first kappa shape index (κ1) is 23.7. The number of carbonyl (C=O) groups excluding carboxylic acids is 4. The van der Waals surface area contributed by atoms with E-state index in [1.807, 2.05) is 13.8 Å². The summed E-state index contributed by atoms with van der Waals surface area (Å²) in [5.41, 5.74) is -3.29. The Labute approximate surface area is 197 Å². The van der Waals surface area contributed by atoms with Gasteiger partial charge in [0, 0.05) is 29.7 Å². The zero-order valence-electron chi connectivity index (χ0n) is 18.6. The molecule has 8 heteroatoms. The predicted molar refractivity (Wildman–Crippen MR) is 118 cm³/mol. The lowest BCUT2D eigenvalue weighted by Gasteiger charge is -2.63. The van der Waals surface area contributed by atoms with E-state index in [0.29, 0.717) is 12.0 Å². The van der Waals surface area contributed by atoms with Gasteiger partial charge in [0.15, 0.2) is 18.2 Å². The maximum atomic E-state index is 13.2. The summed E-state index contributed by atoms with van der Waals surface area (Å²) in [6.07, 6.45) is 5.29. The zero-order chi connectivity index (χ0) is 23.9. The van der Waals surface area contributed by atoms with Gasteiger partial charge >= 0.3 is 5.97 Å². The van der Waals surface area contributed by atoms with E-state index in [4.69, 9.17) is 27.9 Å². The summed E-state index contributed by atoms with van der Waals surface area (Å²) in [5, 5.41) is 11.1. The van der Waals surface area contributed by atoms with E-state index in [-0.39, 0.29) is 30.3 Å². The summed E-state index contributed by atoms with van der Waals surface area (Å²) in [4.78, 5) is 48.5. The number of hydrogen-bond acceptors (Lipinski definition) is 6. The smallest absolute Gasteiger partial charge is 0.303 e. The summed E-state index contributed by atoms with van der Waals surface area (Å²) in [7, 11) is 0. The number of ketones is 3. The molecule has 0 amide bonds. The van der Waals surface area contributed by atoms with Crippen LogP contribution in [0.2, 0.25) is 0 Å². The fourth-order valence-corrected chi connectivity index (χ4v) is 8.36. The molecule has 4 aliphatic rings. The molecule has 8 atom stereocenters. The number of esters is 1. The second kappa shape index (κ2) is 7.25. The van der Waals surface area contributed by atoms with Crippen LogP contribution < -0.4 is 0 Å². The molecule has 0 aromatic heterocycles. The fraction of sp³-hybridized carbons (Fsp3) is 0.667. The van der Waals surface area contributed by atoms with Gasteiger partial charge in [0.05, 0.1) is 10.3 Å².